The average Bonchev–Trinajstić information content (AvgIpc) is 3.27. The van der Waals surface area contributed by atoms with Crippen molar-refractivity contribution in [3.8, 4) is 5.75 Å². The molecule has 0 spiro atoms. The highest BCUT2D eigenvalue weighted by Crippen LogP contribution is 2.37. The topological polar surface area (TPSA) is 84.5 Å². The number of hydrogen-bond acceptors (Lipinski definition) is 8. The Labute approximate surface area is 212 Å². The lowest BCUT2D eigenvalue weighted by Gasteiger charge is -2.32. The summed E-state index contributed by atoms with van der Waals surface area (Å²) >= 11 is 0. The number of carbonyl (C=O) groups excluding carboxylic acids is 1. The maximum absolute atomic E-state index is 13.6. The summed E-state index contributed by atoms with van der Waals surface area (Å²) < 4.78 is 23.7. The molecule has 3 heterocycles. The van der Waals surface area contributed by atoms with Gasteiger partial charge in [0, 0.05) is 5.69 Å². The summed E-state index contributed by atoms with van der Waals surface area (Å²) in [6, 6.07) is 13.7. The van der Waals surface area contributed by atoms with Crippen molar-refractivity contribution in [1.82, 2.24) is 16.0 Å². The van der Waals surface area contributed by atoms with Crippen molar-refractivity contribution in [3.05, 3.63) is 65.2 Å². The van der Waals surface area contributed by atoms with Crippen LogP contribution in [0.5, 0.6) is 5.75 Å². The second kappa shape index (κ2) is 9.03. The first-order valence-corrected chi connectivity index (χ1v) is 12.2. The molecular formula is C26H33BN4O5. The van der Waals surface area contributed by atoms with Gasteiger partial charge in [-0.25, -0.2) is 0 Å². The van der Waals surface area contributed by atoms with Crippen LogP contribution in [0.25, 0.3) is 0 Å². The summed E-state index contributed by atoms with van der Waals surface area (Å²) in [6.45, 7) is 11.5. The van der Waals surface area contributed by atoms with Crippen LogP contribution in [-0.2, 0) is 25.4 Å². The van der Waals surface area contributed by atoms with E-state index in [0.29, 0.717) is 31.3 Å². The van der Waals surface area contributed by atoms with Crippen LogP contribution < -0.4 is 26.1 Å². The number of methoxy groups -OCH3 is 1. The molecule has 0 saturated carbocycles. The molecule has 2 aromatic carbocycles. The third-order valence-electron chi connectivity index (χ3n) is 7.32. The van der Waals surface area contributed by atoms with Gasteiger partial charge in [-0.2, -0.15) is 0 Å². The Morgan fingerprint density at radius 3 is 2.39 bits per heavy atom. The fraction of sp³-hybridized carbons (Fsp3) is 0.423. The molecule has 1 saturated heterocycles. The highest BCUT2D eigenvalue weighted by Gasteiger charge is 2.51. The van der Waals surface area contributed by atoms with Gasteiger partial charge in [-0.15, -0.1) is 5.53 Å². The Kier molecular flexibility index (Phi) is 6.14. The number of aryl methyl sites for hydroxylation is 1. The number of benzene rings is 2. The molecule has 0 unspecified atom stereocenters. The number of hydrogen-bond donors (Lipinski definition) is 2. The van der Waals surface area contributed by atoms with Gasteiger partial charge in [0.2, 0.25) is 5.88 Å². The molecular weight excluding hydrogens is 459 g/mol. The fourth-order valence-corrected chi connectivity index (χ4v) is 4.49. The van der Waals surface area contributed by atoms with Gasteiger partial charge in [-0.05, 0) is 69.4 Å². The number of nitrogens with zero attached hydrogens (tertiary/aromatic N) is 2. The van der Waals surface area contributed by atoms with Gasteiger partial charge in [0.1, 0.15) is 12.4 Å². The maximum atomic E-state index is 13.6. The first kappa shape index (κ1) is 24.5. The minimum absolute atomic E-state index is 0.154. The number of nitrogens with one attached hydrogen (secondary N) is 2. The summed E-state index contributed by atoms with van der Waals surface area (Å²) in [5.74, 6) is 1.13. The largest absolute Gasteiger partial charge is 0.497 e. The van der Waals surface area contributed by atoms with Crippen LogP contribution >= 0.6 is 0 Å². The Balaban J connectivity index is 1.34. The molecule has 0 atom stereocenters. The number of amides is 1. The molecule has 1 fully saturated rings. The van der Waals surface area contributed by atoms with Gasteiger partial charge in [-0.1, -0.05) is 24.3 Å². The average molecular weight is 492 g/mol. The molecule has 0 aromatic heterocycles. The fourth-order valence-electron chi connectivity index (χ4n) is 4.49. The van der Waals surface area contributed by atoms with Crippen LogP contribution in [-0.4, -0.2) is 49.5 Å². The Morgan fingerprint density at radius 1 is 1.06 bits per heavy atom. The molecule has 5 rings (SSSR count). The van der Waals surface area contributed by atoms with Crippen molar-refractivity contribution in [2.45, 2.75) is 52.4 Å². The number of anilines is 1. The number of rotatable bonds is 5. The minimum atomic E-state index is -0.451. The van der Waals surface area contributed by atoms with E-state index in [9.17, 15) is 4.79 Å². The highest BCUT2D eigenvalue weighted by molar-refractivity contribution is 6.62. The first-order valence-electron chi connectivity index (χ1n) is 12.2. The zero-order valence-electron chi connectivity index (χ0n) is 21.7. The first-order chi connectivity index (χ1) is 17.1. The standard InChI is InChI=1S/C26H33BN4O5/c1-17-15-19(27-35-25(2,3)26(4,5)36-27)9-12-21(17)30-13-14-34-24-22(23(30)32)28-29-31(24)16-18-7-10-20(33-6)11-8-18/h7-12,15,28-29H,13-14,16H2,1-6H3. The lowest BCUT2D eigenvalue weighted by atomic mass is 9.78. The van der Waals surface area contributed by atoms with E-state index in [2.05, 4.69) is 11.0 Å². The summed E-state index contributed by atoms with van der Waals surface area (Å²) in [4.78, 5) is 15.3. The van der Waals surface area contributed by atoms with E-state index in [-0.39, 0.29) is 5.91 Å². The van der Waals surface area contributed by atoms with E-state index in [1.54, 1.807) is 17.0 Å². The van der Waals surface area contributed by atoms with E-state index in [1.165, 1.54) is 0 Å². The van der Waals surface area contributed by atoms with Gasteiger partial charge in [0.25, 0.3) is 5.91 Å². The van der Waals surface area contributed by atoms with Crippen molar-refractivity contribution in [3.63, 3.8) is 0 Å². The molecule has 0 aliphatic carbocycles. The molecule has 1 amide bonds. The van der Waals surface area contributed by atoms with E-state index < -0.39 is 18.3 Å². The van der Waals surface area contributed by atoms with Crippen LogP contribution in [0, 0.1) is 6.92 Å². The van der Waals surface area contributed by atoms with E-state index in [1.807, 2.05) is 77.1 Å². The number of ether oxygens (including phenoxy) is 2. The molecule has 0 radical (unpaired) electrons. The normalized spacial score (nSPS) is 20.7. The zero-order valence-corrected chi connectivity index (χ0v) is 21.7. The third kappa shape index (κ3) is 4.29. The van der Waals surface area contributed by atoms with Gasteiger partial charge in [-0.3, -0.25) is 15.2 Å². The Hall–Kier alpha value is -3.21. The summed E-state index contributed by atoms with van der Waals surface area (Å²) in [5.41, 5.74) is 9.39. The van der Waals surface area contributed by atoms with Gasteiger partial charge < -0.3 is 23.7 Å². The summed E-state index contributed by atoms with van der Waals surface area (Å²) in [7, 11) is 1.19. The zero-order chi connectivity index (χ0) is 25.7. The van der Waals surface area contributed by atoms with E-state index in [0.717, 1.165) is 28.0 Å². The smallest absolute Gasteiger partial charge is 0.494 e. The number of hydrazine groups is 2. The second-order valence-electron chi connectivity index (χ2n) is 10.3. The van der Waals surface area contributed by atoms with Crippen LogP contribution in [0.3, 0.4) is 0 Å². The van der Waals surface area contributed by atoms with Crippen LogP contribution in [0.1, 0.15) is 38.8 Å². The molecule has 3 aliphatic heterocycles. The quantitative estimate of drug-likeness (QED) is 0.616. The maximum Gasteiger partial charge on any atom is 0.494 e. The minimum Gasteiger partial charge on any atom is -0.497 e. The van der Waals surface area contributed by atoms with Crippen molar-refractivity contribution in [2.75, 3.05) is 25.2 Å². The van der Waals surface area contributed by atoms with Gasteiger partial charge >= 0.3 is 7.12 Å². The third-order valence-corrected chi connectivity index (χ3v) is 7.32. The van der Waals surface area contributed by atoms with Crippen molar-refractivity contribution >= 4 is 24.2 Å². The molecule has 3 aliphatic rings. The molecule has 9 nitrogen and oxygen atoms in total. The van der Waals surface area contributed by atoms with Crippen molar-refractivity contribution in [2.24, 2.45) is 0 Å². The van der Waals surface area contributed by atoms with Crippen LogP contribution in [0.4, 0.5) is 5.69 Å². The second-order valence-corrected chi connectivity index (χ2v) is 10.3. The van der Waals surface area contributed by atoms with Crippen molar-refractivity contribution < 1.29 is 23.6 Å². The molecule has 190 valence electrons. The van der Waals surface area contributed by atoms with Crippen molar-refractivity contribution in [1.29, 1.82) is 0 Å². The molecule has 0 bridgehead atoms. The summed E-state index contributed by atoms with van der Waals surface area (Å²) in [5, 5.41) is 1.80. The Bertz CT molecular complexity index is 1180. The van der Waals surface area contributed by atoms with Crippen LogP contribution in [0.15, 0.2) is 54.0 Å². The molecule has 10 heteroatoms. The van der Waals surface area contributed by atoms with Gasteiger partial charge in [0.15, 0.2) is 5.70 Å². The van der Waals surface area contributed by atoms with Crippen LogP contribution in [0.2, 0.25) is 0 Å². The highest BCUT2D eigenvalue weighted by atomic mass is 16.7. The summed E-state index contributed by atoms with van der Waals surface area (Å²) in [6.07, 6.45) is 0. The monoisotopic (exact) mass is 492 g/mol. The van der Waals surface area contributed by atoms with Gasteiger partial charge in [0.05, 0.1) is 31.4 Å². The SMILES string of the molecule is COc1ccc(CN2NNC3=C2OCCN(c2ccc(B4OC(C)(C)C(C)(C)O4)cc2C)C3=O)cc1. The Morgan fingerprint density at radius 2 is 1.75 bits per heavy atom. The predicted octanol–water partition coefficient (Wildman–Crippen LogP) is 2.36. The number of carbonyl (C=O) groups is 1. The lowest BCUT2D eigenvalue weighted by Crippen LogP contribution is -2.42. The molecule has 2 aromatic rings. The molecule has 36 heavy (non-hydrogen) atoms. The predicted molar refractivity (Wildman–Crippen MR) is 137 cm³/mol. The molecule has 2 N–H and O–H groups in total. The lowest BCUT2D eigenvalue weighted by molar-refractivity contribution is -0.115. The van der Waals surface area contributed by atoms with E-state index in [4.69, 9.17) is 18.8 Å². The van der Waals surface area contributed by atoms with E-state index >= 15 is 0 Å².